The fourth-order valence-electron chi connectivity index (χ4n) is 1.35. The number of rotatable bonds is 4. The molecule has 2 atom stereocenters. The number of hydrogen-bond acceptors (Lipinski definition) is 4. The van der Waals surface area contributed by atoms with Crippen molar-refractivity contribution in [1.29, 1.82) is 0 Å². The molecular formula is C9H15NO3. The van der Waals surface area contributed by atoms with Gasteiger partial charge < -0.3 is 14.8 Å². The molecule has 0 amide bonds. The van der Waals surface area contributed by atoms with Crippen LogP contribution >= 0.6 is 0 Å². The SMILES string of the molecule is C=CCO[C@H]1COCC(=O)[C@H]1NC. The molecule has 0 bridgehead atoms. The third-order valence-electron chi connectivity index (χ3n) is 1.98. The van der Waals surface area contributed by atoms with E-state index >= 15 is 0 Å². The highest BCUT2D eigenvalue weighted by Crippen LogP contribution is 2.08. The second-order valence-corrected chi connectivity index (χ2v) is 2.91. The molecule has 0 unspecified atom stereocenters. The molecule has 1 fully saturated rings. The summed E-state index contributed by atoms with van der Waals surface area (Å²) in [6.45, 7) is 4.63. The first-order valence-electron chi connectivity index (χ1n) is 4.29. The van der Waals surface area contributed by atoms with E-state index in [1.165, 1.54) is 0 Å². The summed E-state index contributed by atoms with van der Waals surface area (Å²) in [6.07, 6.45) is 1.47. The molecule has 4 heteroatoms. The maximum absolute atomic E-state index is 11.3. The second kappa shape index (κ2) is 5.11. The Bertz CT molecular complexity index is 193. The molecule has 1 N–H and O–H groups in total. The average molecular weight is 185 g/mol. The highest BCUT2D eigenvalue weighted by atomic mass is 16.5. The van der Waals surface area contributed by atoms with E-state index in [1.54, 1.807) is 13.1 Å². The van der Waals surface area contributed by atoms with Crippen molar-refractivity contribution >= 4 is 5.78 Å². The van der Waals surface area contributed by atoms with Crippen LogP contribution in [0.25, 0.3) is 0 Å². The first kappa shape index (κ1) is 10.4. The van der Waals surface area contributed by atoms with Crippen LogP contribution in [0.2, 0.25) is 0 Å². The first-order chi connectivity index (χ1) is 6.29. The van der Waals surface area contributed by atoms with Gasteiger partial charge in [0.05, 0.1) is 19.3 Å². The van der Waals surface area contributed by atoms with Crippen LogP contribution in [-0.4, -0.2) is 44.8 Å². The molecule has 0 saturated carbocycles. The Balaban J connectivity index is 2.48. The van der Waals surface area contributed by atoms with Crippen LogP contribution in [0.4, 0.5) is 0 Å². The summed E-state index contributed by atoms with van der Waals surface area (Å²) in [5, 5.41) is 2.92. The molecule has 4 nitrogen and oxygen atoms in total. The molecule has 1 aliphatic rings. The predicted octanol–water partition coefficient (Wildman–Crippen LogP) is -0.255. The summed E-state index contributed by atoms with van der Waals surface area (Å²) in [5.74, 6) is 0.0443. The lowest BCUT2D eigenvalue weighted by molar-refractivity contribution is -0.140. The third kappa shape index (κ3) is 2.62. The summed E-state index contributed by atoms with van der Waals surface area (Å²) in [6, 6.07) is -0.242. The minimum absolute atomic E-state index is 0.0443. The van der Waals surface area contributed by atoms with Gasteiger partial charge in [-0.1, -0.05) is 6.08 Å². The highest BCUT2D eigenvalue weighted by Gasteiger charge is 2.31. The van der Waals surface area contributed by atoms with E-state index in [4.69, 9.17) is 9.47 Å². The number of ether oxygens (including phenoxy) is 2. The van der Waals surface area contributed by atoms with Crippen LogP contribution in [0.15, 0.2) is 12.7 Å². The number of nitrogens with one attached hydrogen (secondary N) is 1. The van der Waals surface area contributed by atoms with Gasteiger partial charge in [-0.2, -0.15) is 0 Å². The Hall–Kier alpha value is -0.710. The van der Waals surface area contributed by atoms with E-state index in [-0.39, 0.29) is 24.5 Å². The summed E-state index contributed by atoms with van der Waals surface area (Å²) < 4.78 is 10.5. The fraction of sp³-hybridized carbons (Fsp3) is 0.667. The van der Waals surface area contributed by atoms with E-state index in [0.29, 0.717) is 13.2 Å². The van der Waals surface area contributed by atoms with Crippen molar-refractivity contribution in [3.63, 3.8) is 0 Å². The topological polar surface area (TPSA) is 47.6 Å². The number of ketones is 1. The largest absolute Gasteiger partial charge is 0.371 e. The van der Waals surface area contributed by atoms with Crippen molar-refractivity contribution < 1.29 is 14.3 Å². The summed E-state index contributed by atoms with van der Waals surface area (Å²) >= 11 is 0. The van der Waals surface area contributed by atoms with E-state index in [2.05, 4.69) is 11.9 Å². The van der Waals surface area contributed by atoms with Gasteiger partial charge in [0.25, 0.3) is 0 Å². The number of carbonyl (C=O) groups is 1. The zero-order valence-corrected chi connectivity index (χ0v) is 7.79. The Labute approximate surface area is 77.9 Å². The van der Waals surface area contributed by atoms with E-state index < -0.39 is 0 Å². The molecule has 0 spiro atoms. The summed E-state index contributed by atoms with van der Waals surface area (Å²) in [4.78, 5) is 11.3. The second-order valence-electron chi connectivity index (χ2n) is 2.91. The lowest BCUT2D eigenvalue weighted by Crippen LogP contribution is -2.53. The van der Waals surface area contributed by atoms with Crippen LogP contribution in [0.5, 0.6) is 0 Å². The zero-order valence-electron chi connectivity index (χ0n) is 7.79. The molecular weight excluding hydrogens is 170 g/mol. The number of hydrogen-bond donors (Lipinski definition) is 1. The molecule has 74 valence electrons. The Kier molecular flexibility index (Phi) is 4.08. The number of Topliss-reactive ketones (excluding diaryl/α,β-unsaturated/α-hetero) is 1. The average Bonchev–Trinajstić information content (AvgIpc) is 2.15. The van der Waals surface area contributed by atoms with E-state index in [0.717, 1.165) is 0 Å². The lowest BCUT2D eigenvalue weighted by atomic mass is 10.1. The molecule has 13 heavy (non-hydrogen) atoms. The molecule has 1 heterocycles. The standard InChI is InChI=1S/C9H15NO3/c1-3-4-13-8-6-12-5-7(11)9(8)10-2/h3,8-10H,1,4-6H2,2H3/t8-,9+/m0/s1. The van der Waals surface area contributed by atoms with Gasteiger partial charge in [-0.3, -0.25) is 4.79 Å². The maximum atomic E-state index is 11.3. The maximum Gasteiger partial charge on any atom is 0.178 e. The highest BCUT2D eigenvalue weighted by molar-refractivity contribution is 5.86. The van der Waals surface area contributed by atoms with Gasteiger partial charge in [-0.15, -0.1) is 6.58 Å². The Morgan fingerprint density at radius 3 is 3.23 bits per heavy atom. The predicted molar refractivity (Wildman–Crippen MR) is 48.6 cm³/mol. The lowest BCUT2D eigenvalue weighted by Gasteiger charge is -2.29. The fourth-order valence-corrected chi connectivity index (χ4v) is 1.35. The molecule has 1 aliphatic heterocycles. The van der Waals surface area contributed by atoms with Crippen LogP contribution in [0.3, 0.4) is 0 Å². The molecule has 0 aliphatic carbocycles. The summed E-state index contributed by atoms with van der Waals surface area (Å²) in [5.41, 5.74) is 0. The van der Waals surface area contributed by atoms with Crippen LogP contribution in [0.1, 0.15) is 0 Å². The van der Waals surface area contributed by atoms with Gasteiger partial charge in [0.15, 0.2) is 5.78 Å². The van der Waals surface area contributed by atoms with Crippen molar-refractivity contribution in [3.8, 4) is 0 Å². The van der Waals surface area contributed by atoms with Gasteiger partial charge in [0.1, 0.15) is 12.7 Å². The van der Waals surface area contributed by atoms with Crippen LogP contribution < -0.4 is 5.32 Å². The molecule has 0 radical (unpaired) electrons. The van der Waals surface area contributed by atoms with Gasteiger partial charge in [0.2, 0.25) is 0 Å². The molecule has 0 aromatic heterocycles. The minimum atomic E-state index is -0.242. The van der Waals surface area contributed by atoms with Crippen LogP contribution in [-0.2, 0) is 14.3 Å². The smallest absolute Gasteiger partial charge is 0.178 e. The van der Waals surface area contributed by atoms with Gasteiger partial charge in [0, 0.05) is 0 Å². The van der Waals surface area contributed by atoms with Crippen molar-refractivity contribution in [1.82, 2.24) is 5.32 Å². The van der Waals surface area contributed by atoms with E-state index in [1.807, 2.05) is 0 Å². The quantitative estimate of drug-likeness (QED) is 0.613. The van der Waals surface area contributed by atoms with Gasteiger partial charge >= 0.3 is 0 Å². The third-order valence-corrected chi connectivity index (χ3v) is 1.98. The Morgan fingerprint density at radius 2 is 2.62 bits per heavy atom. The number of likely N-dealkylation sites (N-methyl/N-ethyl adjacent to an activating group) is 1. The van der Waals surface area contributed by atoms with Crippen molar-refractivity contribution in [3.05, 3.63) is 12.7 Å². The monoisotopic (exact) mass is 185 g/mol. The minimum Gasteiger partial charge on any atom is -0.371 e. The summed E-state index contributed by atoms with van der Waals surface area (Å²) in [7, 11) is 1.75. The van der Waals surface area contributed by atoms with Crippen LogP contribution in [0, 0.1) is 0 Å². The first-order valence-corrected chi connectivity index (χ1v) is 4.29. The molecule has 1 rings (SSSR count). The van der Waals surface area contributed by atoms with E-state index in [9.17, 15) is 4.79 Å². The van der Waals surface area contributed by atoms with Crippen molar-refractivity contribution in [2.24, 2.45) is 0 Å². The number of carbonyl (C=O) groups excluding carboxylic acids is 1. The Morgan fingerprint density at radius 1 is 1.85 bits per heavy atom. The zero-order chi connectivity index (χ0) is 9.68. The van der Waals surface area contributed by atoms with Crippen molar-refractivity contribution in [2.75, 3.05) is 26.9 Å². The molecule has 0 aromatic carbocycles. The normalized spacial score (nSPS) is 28.8. The van der Waals surface area contributed by atoms with Crippen molar-refractivity contribution in [2.45, 2.75) is 12.1 Å². The molecule has 0 aromatic rings. The molecule has 1 saturated heterocycles. The van der Waals surface area contributed by atoms with Gasteiger partial charge in [-0.05, 0) is 7.05 Å². The van der Waals surface area contributed by atoms with Gasteiger partial charge in [-0.25, -0.2) is 0 Å².